The molecule has 0 aromatic carbocycles. The van der Waals surface area contributed by atoms with Crippen LogP contribution in [-0.4, -0.2) is 23.6 Å². The molecule has 0 aliphatic carbocycles. The van der Waals surface area contributed by atoms with E-state index in [9.17, 15) is 0 Å². The van der Waals surface area contributed by atoms with E-state index in [2.05, 4.69) is 63.5 Å². The summed E-state index contributed by atoms with van der Waals surface area (Å²) in [7, 11) is 0. The van der Waals surface area contributed by atoms with Crippen molar-refractivity contribution in [2.75, 3.05) is 18.0 Å². The molecule has 0 amide bonds. The normalized spacial score (nSPS) is 11.4. The SMILES string of the molecule is C=CCN(c1ccc(CNCC)c(C)n1)C(C)(C)C. The van der Waals surface area contributed by atoms with Crippen molar-refractivity contribution < 1.29 is 0 Å². The molecule has 0 aliphatic rings. The van der Waals surface area contributed by atoms with E-state index in [1.165, 1.54) is 5.56 Å². The first-order valence-electron chi connectivity index (χ1n) is 6.96. The molecule has 106 valence electrons. The third-order valence-electron chi connectivity index (χ3n) is 3.14. The molecule has 0 fully saturated rings. The second-order valence-corrected chi connectivity index (χ2v) is 5.76. The summed E-state index contributed by atoms with van der Waals surface area (Å²) in [6.45, 7) is 17.3. The molecule has 0 spiro atoms. The topological polar surface area (TPSA) is 28.2 Å². The highest BCUT2D eigenvalue weighted by atomic mass is 15.2. The zero-order valence-corrected chi connectivity index (χ0v) is 13.0. The maximum Gasteiger partial charge on any atom is 0.129 e. The number of rotatable bonds is 6. The molecule has 0 atom stereocenters. The number of anilines is 1. The summed E-state index contributed by atoms with van der Waals surface area (Å²) in [5, 5.41) is 3.34. The molecule has 1 aromatic heterocycles. The second kappa shape index (κ2) is 6.71. The Morgan fingerprint density at radius 3 is 2.53 bits per heavy atom. The molecule has 1 N–H and O–H groups in total. The van der Waals surface area contributed by atoms with Crippen molar-refractivity contribution in [1.29, 1.82) is 0 Å². The Kier molecular flexibility index (Phi) is 5.55. The Morgan fingerprint density at radius 1 is 1.37 bits per heavy atom. The lowest BCUT2D eigenvalue weighted by Crippen LogP contribution is -2.42. The standard InChI is InChI=1S/C16H27N3/c1-7-11-19(16(4,5)6)15-10-9-14(12-17-8-2)13(3)18-15/h7,9-10,17H,1,8,11-12H2,2-6H3. The molecule has 3 nitrogen and oxygen atoms in total. The zero-order chi connectivity index (χ0) is 14.5. The van der Waals surface area contributed by atoms with Crippen molar-refractivity contribution in [2.24, 2.45) is 0 Å². The average Bonchev–Trinajstić information content (AvgIpc) is 2.33. The summed E-state index contributed by atoms with van der Waals surface area (Å²) in [5.41, 5.74) is 2.39. The van der Waals surface area contributed by atoms with Crippen LogP contribution in [0.2, 0.25) is 0 Å². The van der Waals surface area contributed by atoms with Gasteiger partial charge in [0.1, 0.15) is 5.82 Å². The molecule has 0 unspecified atom stereocenters. The van der Waals surface area contributed by atoms with E-state index >= 15 is 0 Å². The van der Waals surface area contributed by atoms with Crippen LogP contribution in [0.15, 0.2) is 24.8 Å². The lowest BCUT2D eigenvalue weighted by molar-refractivity contribution is 0.517. The van der Waals surface area contributed by atoms with Crippen LogP contribution < -0.4 is 10.2 Å². The van der Waals surface area contributed by atoms with Crippen molar-refractivity contribution in [3.05, 3.63) is 36.0 Å². The van der Waals surface area contributed by atoms with Gasteiger partial charge in [-0.15, -0.1) is 6.58 Å². The Labute approximate surface area is 117 Å². The summed E-state index contributed by atoms with van der Waals surface area (Å²) in [6.07, 6.45) is 1.93. The van der Waals surface area contributed by atoms with Crippen molar-refractivity contribution in [1.82, 2.24) is 10.3 Å². The minimum atomic E-state index is 0.0385. The fourth-order valence-corrected chi connectivity index (χ4v) is 2.01. The second-order valence-electron chi connectivity index (χ2n) is 5.76. The van der Waals surface area contributed by atoms with E-state index < -0.39 is 0 Å². The van der Waals surface area contributed by atoms with Crippen LogP contribution in [0.4, 0.5) is 5.82 Å². The Morgan fingerprint density at radius 2 is 2.05 bits per heavy atom. The van der Waals surface area contributed by atoms with Crippen LogP contribution >= 0.6 is 0 Å². The molecule has 0 aliphatic heterocycles. The highest BCUT2D eigenvalue weighted by Crippen LogP contribution is 2.23. The van der Waals surface area contributed by atoms with Gasteiger partial charge in [0.15, 0.2) is 0 Å². The highest BCUT2D eigenvalue weighted by molar-refractivity contribution is 5.44. The maximum atomic E-state index is 4.75. The number of pyridine rings is 1. The van der Waals surface area contributed by atoms with E-state index in [1.807, 2.05) is 6.08 Å². The summed E-state index contributed by atoms with van der Waals surface area (Å²) >= 11 is 0. The van der Waals surface area contributed by atoms with E-state index in [1.54, 1.807) is 0 Å². The summed E-state index contributed by atoms with van der Waals surface area (Å²) < 4.78 is 0. The Balaban J connectivity index is 3.00. The number of nitrogens with one attached hydrogen (secondary N) is 1. The molecular weight excluding hydrogens is 234 g/mol. The first-order valence-corrected chi connectivity index (χ1v) is 6.96. The van der Waals surface area contributed by atoms with Crippen LogP contribution in [0, 0.1) is 6.92 Å². The van der Waals surface area contributed by atoms with Gasteiger partial charge in [-0.25, -0.2) is 4.98 Å². The monoisotopic (exact) mass is 261 g/mol. The van der Waals surface area contributed by atoms with Gasteiger partial charge in [0.2, 0.25) is 0 Å². The van der Waals surface area contributed by atoms with Gasteiger partial charge < -0.3 is 10.2 Å². The molecule has 19 heavy (non-hydrogen) atoms. The third kappa shape index (κ3) is 4.35. The maximum absolute atomic E-state index is 4.75. The zero-order valence-electron chi connectivity index (χ0n) is 13.0. The lowest BCUT2D eigenvalue weighted by Gasteiger charge is -2.36. The Bertz CT molecular complexity index is 418. The van der Waals surface area contributed by atoms with Crippen LogP contribution in [0.25, 0.3) is 0 Å². The fourth-order valence-electron chi connectivity index (χ4n) is 2.01. The summed E-state index contributed by atoms with van der Waals surface area (Å²) in [6, 6.07) is 4.27. The number of aryl methyl sites for hydroxylation is 1. The van der Waals surface area contributed by atoms with Crippen molar-refractivity contribution >= 4 is 5.82 Å². The molecule has 3 heteroatoms. The quantitative estimate of drug-likeness (QED) is 0.796. The van der Waals surface area contributed by atoms with Crippen LogP contribution in [-0.2, 0) is 6.54 Å². The number of hydrogen-bond donors (Lipinski definition) is 1. The first-order chi connectivity index (χ1) is 8.90. The van der Waals surface area contributed by atoms with Crippen molar-refractivity contribution in [3.8, 4) is 0 Å². The van der Waals surface area contributed by atoms with Gasteiger partial charge in [0.05, 0.1) is 0 Å². The first kappa shape index (κ1) is 15.7. The average molecular weight is 261 g/mol. The minimum Gasteiger partial charge on any atom is -0.348 e. The smallest absolute Gasteiger partial charge is 0.129 e. The molecule has 0 saturated heterocycles. The van der Waals surface area contributed by atoms with Crippen LogP contribution in [0.5, 0.6) is 0 Å². The fraction of sp³-hybridized carbons (Fsp3) is 0.562. The van der Waals surface area contributed by atoms with Gasteiger partial charge in [-0.05, 0) is 45.9 Å². The number of nitrogens with zero attached hydrogens (tertiary/aromatic N) is 2. The van der Waals surface area contributed by atoms with Gasteiger partial charge in [-0.2, -0.15) is 0 Å². The third-order valence-corrected chi connectivity index (χ3v) is 3.14. The molecule has 0 bridgehead atoms. The van der Waals surface area contributed by atoms with E-state index in [0.29, 0.717) is 0 Å². The molecule has 1 rings (SSSR count). The van der Waals surface area contributed by atoms with Crippen molar-refractivity contribution in [3.63, 3.8) is 0 Å². The summed E-state index contributed by atoms with van der Waals surface area (Å²) in [5.74, 6) is 1.02. The van der Waals surface area contributed by atoms with Gasteiger partial charge >= 0.3 is 0 Å². The van der Waals surface area contributed by atoms with Crippen LogP contribution in [0.1, 0.15) is 39.0 Å². The van der Waals surface area contributed by atoms with Gasteiger partial charge in [-0.3, -0.25) is 0 Å². The highest BCUT2D eigenvalue weighted by Gasteiger charge is 2.21. The molecule has 1 aromatic rings. The van der Waals surface area contributed by atoms with Gasteiger partial charge in [-0.1, -0.05) is 19.1 Å². The van der Waals surface area contributed by atoms with E-state index in [0.717, 1.165) is 31.1 Å². The predicted molar refractivity (Wildman–Crippen MR) is 83.7 cm³/mol. The largest absolute Gasteiger partial charge is 0.348 e. The molecule has 0 saturated carbocycles. The van der Waals surface area contributed by atoms with Gasteiger partial charge in [0, 0.05) is 24.3 Å². The van der Waals surface area contributed by atoms with Gasteiger partial charge in [0.25, 0.3) is 0 Å². The summed E-state index contributed by atoms with van der Waals surface area (Å²) in [4.78, 5) is 7.02. The van der Waals surface area contributed by atoms with E-state index in [-0.39, 0.29) is 5.54 Å². The minimum absolute atomic E-state index is 0.0385. The molecule has 1 heterocycles. The molecule has 0 radical (unpaired) electrons. The Hall–Kier alpha value is -1.35. The number of hydrogen-bond acceptors (Lipinski definition) is 3. The molecular formula is C16H27N3. The van der Waals surface area contributed by atoms with Crippen molar-refractivity contribution in [2.45, 2.75) is 46.7 Å². The van der Waals surface area contributed by atoms with Crippen LogP contribution in [0.3, 0.4) is 0 Å². The lowest BCUT2D eigenvalue weighted by atomic mass is 10.1. The van der Waals surface area contributed by atoms with E-state index in [4.69, 9.17) is 4.98 Å². The predicted octanol–water partition coefficient (Wildman–Crippen LogP) is 3.29. The number of aromatic nitrogens is 1.